The van der Waals surface area contributed by atoms with Gasteiger partial charge in [-0.25, -0.2) is 4.79 Å². The largest absolute Gasteiger partial charge is 0.465 e. The average molecular weight is 283 g/mol. The van der Waals surface area contributed by atoms with Gasteiger partial charge in [-0.05, 0) is 61.4 Å². The molecular weight excluding hydrogens is 266 g/mol. The fraction of sp³-hybridized carbons (Fsp3) is 0.176. The van der Waals surface area contributed by atoms with Gasteiger partial charge in [0.05, 0.1) is 12.7 Å². The minimum atomic E-state index is -0.420. The Balaban J connectivity index is 2.13. The van der Waals surface area contributed by atoms with E-state index < -0.39 is 5.97 Å². The number of carbonyl (C=O) groups is 2. The predicted molar refractivity (Wildman–Crippen MR) is 81.7 cm³/mol. The van der Waals surface area contributed by atoms with E-state index in [4.69, 9.17) is 0 Å². The first-order valence-electron chi connectivity index (χ1n) is 6.58. The lowest BCUT2D eigenvalue weighted by Crippen LogP contribution is -2.12. The van der Waals surface area contributed by atoms with Crippen molar-refractivity contribution in [3.63, 3.8) is 0 Å². The smallest absolute Gasteiger partial charge is 0.337 e. The molecule has 2 aromatic carbocycles. The molecule has 0 atom stereocenters. The van der Waals surface area contributed by atoms with Crippen molar-refractivity contribution in [2.75, 3.05) is 12.4 Å². The summed E-state index contributed by atoms with van der Waals surface area (Å²) in [6, 6.07) is 12.1. The van der Waals surface area contributed by atoms with Crippen LogP contribution in [0.25, 0.3) is 0 Å². The molecule has 21 heavy (non-hydrogen) atoms. The summed E-state index contributed by atoms with van der Waals surface area (Å²) in [4.78, 5) is 23.5. The van der Waals surface area contributed by atoms with Gasteiger partial charge in [-0.2, -0.15) is 0 Å². The SMILES string of the molecule is COC(=O)c1ccc(C(=O)Nc2ccc(C)c(C)c2)cc1. The van der Waals surface area contributed by atoms with E-state index >= 15 is 0 Å². The van der Waals surface area contributed by atoms with Crippen LogP contribution in [0.15, 0.2) is 42.5 Å². The van der Waals surface area contributed by atoms with Gasteiger partial charge >= 0.3 is 5.97 Å². The molecule has 0 aliphatic carbocycles. The molecule has 4 nitrogen and oxygen atoms in total. The van der Waals surface area contributed by atoms with Crippen molar-refractivity contribution in [1.82, 2.24) is 0 Å². The van der Waals surface area contributed by atoms with Gasteiger partial charge in [0.25, 0.3) is 5.91 Å². The van der Waals surface area contributed by atoms with Crippen molar-refractivity contribution in [3.8, 4) is 0 Å². The van der Waals surface area contributed by atoms with Crippen LogP contribution in [0.4, 0.5) is 5.69 Å². The van der Waals surface area contributed by atoms with Gasteiger partial charge in [0.2, 0.25) is 0 Å². The highest BCUT2D eigenvalue weighted by atomic mass is 16.5. The maximum absolute atomic E-state index is 12.1. The van der Waals surface area contributed by atoms with Gasteiger partial charge in [-0.3, -0.25) is 4.79 Å². The Labute approximate surface area is 123 Å². The van der Waals surface area contributed by atoms with Gasteiger partial charge in [0.15, 0.2) is 0 Å². The Morgan fingerprint density at radius 3 is 2.10 bits per heavy atom. The molecular formula is C17H17NO3. The fourth-order valence-corrected chi connectivity index (χ4v) is 1.90. The molecule has 0 heterocycles. The summed E-state index contributed by atoms with van der Waals surface area (Å²) in [5, 5.41) is 2.83. The summed E-state index contributed by atoms with van der Waals surface area (Å²) in [6.07, 6.45) is 0. The van der Waals surface area contributed by atoms with Gasteiger partial charge in [0.1, 0.15) is 0 Å². The van der Waals surface area contributed by atoms with Crippen molar-refractivity contribution in [1.29, 1.82) is 0 Å². The Hall–Kier alpha value is -2.62. The summed E-state index contributed by atoms with van der Waals surface area (Å²) in [6.45, 7) is 4.02. The van der Waals surface area contributed by atoms with Crippen LogP contribution in [0.5, 0.6) is 0 Å². The molecule has 108 valence electrons. The first-order valence-corrected chi connectivity index (χ1v) is 6.58. The van der Waals surface area contributed by atoms with Crippen LogP contribution in [0, 0.1) is 13.8 Å². The van der Waals surface area contributed by atoms with Gasteiger partial charge in [-0.1, -0.05) is 6.07 Å². The second-order valence-corrected chi connectivity index (χ2v) is 4.82. The average Bonchev–Trinajstić information content (AvgIpc) is 2.50. The molecule has 0 radical (unpaired) electrons. The maximum atomic E-state index is 12.1. The zero-order chi connectivity index (χ0) is 15.4. The minimum absolute atomic E-state index is 0.213. The van der Waals surface area contributed by atoms with Gasteiger partial charge in [0, 0.05) is 11.3 Å². The Bertz CT molecular complexity index is 675. The van der Waals surface area contributed by atoms with E-state index in [1.54, 1.807) is 24.3 Å². The molecule has 0 aliphatic rings. The number of ether oxygens (including phenoxy) is 1. The maximum Gasteiger partial charge on any atom is 0.337 e. The topological polar surface area (TPSA) is 55.4 Å². The third-order valence-corrected chi connectivity index (χ3v) is 3.33. The third kappa shape index (κ3) is 3.48. The lowest BCUT2D eigenvalue weighted by Gasteiger charge is -2.08. The lowest BCUT2D eigenvalue weighted by molar-refractivity contribution is 0.0600. The molecule has 4 heteroatoms. The number of rotatable bonds is 3. The van der Waals surface area contributed by atoms with Crippen LogP contribution in [-0.4, -0.2) is 19.0 Å². The first kappa shape index (κ1) is 14.8. The van der Waals surface area contributed by atoms with E-state index in [1.807, 2.05) is 32.0 Å². The molecule has 0 bridgehead atoms. The first-order chi connectivity index (χ1) is 10.0. The second-order valence-electron chi connectivity index (χ2n) is 4.82. The quantitative estimate of drug-likeness (QED) is 0.879. The van der Waals surface area contributed by atoms with Crippen molar-refractivity contribution in [2.24, 2.45) is 0 Å². The van der Waals surface area contributed by atoms with E-state index in [2.05, 4.69) is 10.1 Å². The predicted octanol–water partition coefficient (Wildman–Crippen LogP) is 3.34. The number of methoxy groups -OCH3 is 1. The number of hydrogen-bond donors (Lipinski definition) is 1. The Kier molecular flexibility index (Phi) is 4.38. The molecule has 2 rings (SSSR count). The zero-order valence-corrected chi connectivity index (χ0v) is 12.3. The van der Waals surface area contributed by atoms with E-state index in [-0.39, 0.29) is 5.91 Å². The van der Waals surface area contributed by atoms with Gasteiger partial charge in [-0.15, -0.1) is 0 Å². The molecule has 0 saturated carbocycles. The van der Waals surface area contributed by atoms with Crippen molar-refractivity contribution in [2.45, 2.75) is 13.8 Å². The zero-order valence-electron chi connectivity index (χ0n) is 12.3. The number of nitrogens with one attached hydrogen (secondary N) is 1. The highest BCUT2D eigenvalue weighted by molar-refractivity contribution is 6.04. The molecule has 1 amide bonds. The number of benzene rings is 2. The Morgan fingerprint density at radius 1 is 0.905 bits per heavy atom. The molecule has 0 spiro atoms. The third-order valence-electron chi connectivity index (χ3n) is 3.33. The van der Waals surface area contributed by atoms with E-state index in [1.165, 1.54) is 12.7 Å². The summed E-state index contributed by atoms with van der Waals surface area (Å²) in [7, 11) is 1.32. The van der Waals surface area contributed by atoms with Crippen LogP contribution in [-0.2, 0) is 4.74 Å². The molecule has 0 fully saturated rings. The summed E-state index contributed by atoms with van der Waals surface area (Å²) in [5.41, 5.74) is 3.95. The van der Waals surface area contributed by atoms with E-state index in [0.717, 1.165) is 11.3 Å². The summed E-state index contributed by atoms with van der Waals surface area (Å²) in [5.74, 6) is -0.634. The lowest BCUT2D eigenvalue weighted by atomic mass is 10.1. The van der Waals surface area contributed by atoms with Crippen LogP contribution in [0.2, 0.25) is 0 Å². The molecule has 0 aromatic heterocycles. The molecule has 0 aliphatic heterocycles. The summed E-state index contributed by atoms with van der Waals surface area (Å²) < 4.78 is 4.62. The molecule has 0 unspecified atom stereocenters. The van der Waals surface area contributed by atoms with Crippen LogP contribution in [0.3, 0.4) is 0 Å². The fourth-order valence-electron chi connectivity index (χ4n) is 1.90. The highest BCUT2D eigenvalue weighted by Gasteiger charge is 2.09. The normalized spacial score (nSPS) is 10.0. The number of aryl methyl sites for hydroxylation is 2. The Morgan fingerprint density at radius 2 is 1.52 bits per heavy atom. The van der Waals surface area contributed by atoms with Crippen molar-refractivity contribution >= 4 is 17.6 Å². The number of anilines is 1. The van der Waals surface area contributed by atoms with Gasteiger partial charge < -0.3 is 10.1 Å². The van der Waals surface area contributed by atoms with E-state index in [9.17, 15) is 9.59 Å². The minimum Gasteiger partial charge on any atom is -0.465 e. The second kappa shape index (κ2) is 6.22. The molecule has 2 aromatic rings. The number of amides is 1. The van der Waals surface area contributed by atoms with Crippen LogP contribution >= 0.6 is 0 Å². The van der Waals surface area contributed by atoms with Crippen molar-refractivity contribution < 1.29 is 14.3 Å². The highest BCUT2D eigenvalue weighted by Crippen LogP contribution is 2.15. The van der Waals surface area contributed by atoms with Crippen LogP contribution in [0.1, 0.15) is 31.8 Å². The molecule has 1 N–H and O–H groups in total. The number of esters is 1. The van der Waals surface area contributed by atoms with Crippen molar-refractivity contribution in [3.05, 3.63) is 64.7 Å². The number of hydrogen-bond acceptors (Lipinski definition) is 3. The van der Waals surface area contributed by atoms with E-state index in [0.29, 0.717) is 11.1 Å². The summed E-state index contributed by atoms with van der Waals surface area (Å²) >= 11 is 0. The molecule has 0 saturated heterocycles. The monoisotopic (exact) mass is 283 g/mol. The standard InChI is InChI=1S/C17H17NO3/c1-11-4-9-15(10-12(11)2)18-16(19)13-5-7-14(8-6-13)17(20)21-3/h4-10H,1-3H3,(H,18,19). The van der Waals surface area contributed by atoms with Crippen LogP contribution < -0.4 is 5.32 Å². The number of carbonyl (C=O) groups excluding carboxylic acids is 2.